The average molecular weight is 265 g/mol. The van der Waals surface area contributed by atoms with E-state index >= 15 is 0 Å². The minimum absolute atomic E-state index is 0.164. The van der Waals surface area contributed by atoms with E-state index in [9.17, 15) is 14.7 Å². The maximum absolute atomic E-state index is 12.0. The van der Waals surface area contributed by atoms with Crippen molar-refractivity contribution in [3.8, 4) is 0 Å². The fourth-order valence-electron chi connectivity index (χ4n) is 2.48. The van der Waals surface area contributed by atoms with E-state index in [0.29, 0.717) is 24.5 Å². The number of hydrogen-bond acceptors (Lipinski definition) is 3. The number of nitrogens with one attached hydrogen (secondary N) is 1. The standard InChI is InChI=1S/C14H19NO4/c1-9-5-7-14(8-6-9,13(17)18)15-12(16)11-4-3-10(2)19-11/h3-4,9H,5-8H2,1-2H3,(H,15,16)(H,17,18). The maximum Gasteiger partial charge on any atom is 0.329 e. The molecule has 0 spiro atoms. The molecule has 1 aromatic rings. The highest BCUT2D eigenvalue weighted by Crippen LogP contribution is 2.32. The van der Waals surface area contributed by atoms with Gasteiger partial charge in [0.1, 0.15) is 11.3 Å². The Bertz CT molecular complexity index is 483. The van der Waals surface area contributed by atoms with Gasteiger partial charge in [-0.3, -0.25) is 4.79 Å². The number of carbonyl (C=O) groups is 2. The topological polar surface area (TPSA) is 79.5 Å². The molecule has 0 saturated heterocycles. The molecule has 1 aromatic heterocycles. The Morgan fingerprint density at radius 2 is 2.00 bits per heavy atom. The predicted octanol–water partition coefficient (Wildman–Crippen LogP) is 2.35. The van der Waals surface area contributed by atoms with Crippen LogP contribution in [-0.4, -0.2) is 22.5 Å². The first-order valence-electron chi connectivity index (χ1n) is 6.55. The zero-order valence-corrected chi connectivity index (χ0v) is 11.2. The van der Waals surface area contributed by atoms with Crippen LogP contribution in [0, 0.1) is 12.8 Å². The van der Waals surface area contributed by atoms with Crippen molar-refractivity contribution in [1.29, 1.82) is 0 Å². The third-order valence-corrected chi connectivity index (χ3v) is 3.85. The van der Waals surface area contributed by atoms with Gasteiger partial charge in [0, 0.05) is 0 Å². The number of rotatable bonds is 3. The molecule has 0 atom stereocenters. The Kier molecular flexibility index (Phi) is 3.64. The van der Waals surface area contributed by atoms with E-state index in [1.54, 1.807) is 19.1 Å². The van der Waals surface area contributed by atoms with Gasteiger partial charge in [-0.05, 0) is 50.7 Å². The normalized spacial score (nSPS) is 26.9. The van der Waals surface area contributed by atoms with Crippen LogP contribution >= 0.6 is 0 Å². The summed E-state index contributed by atoms with van der Waals surface area (Å²) in [5.74, 6) is -0.111. The zero-order chi connectivity index (χ0) is 14.0. The zero-order valence-electron chi connectivity index (χ0n) is 11.2. The molecule has 0 aliphatic heterocycles. The van der Waals surface area contributed by atoms with Crippen LogP contribution in [0.3, 0.4) is 0 Å². The van der Waals surface area contributed by atoms with E-state index in [1.807, 2.05) is 0 Å². The summed E-state index contributed by atoms with van der Waals surface area (Å²) in [7, 11) is 0. The number of aryl methyl sites for hydroxylation is 1. The molecule has 2 rings (SSSR count). The maximum atomic E-state index is 12.0. The van der Waals surface area contributed by atoms with Crippen LogP contribution in [-0.2, 0) is 4.79 Å². The van der Waals surface area contributed by atoms with Crippen LogP contribution in [0.1, 0.15) is 48.9 Å². The van der Waals surface area contributed by atoms with E-state index in [1.165, 1.54) is 0 Å². The Morgan fingerprint density at radius 1 is 1.37 bits per heavy atom. The summed E-state index contributed by atoms with van der Waals surface area (Å²) < 4.78 is 5.23. The van der Waals surface area contributed by atoms with Crippen molar-refractivity contribution in [2.45, 2.75) is 45.1 Å². The van der Waals surface area contributed by atoms with Gasteiger partial charge >= 0.3 is 5.97 Å². The summed E-state index contributed by atoms with van der Waals surface area (Å²) in [5.41, 5.74) is -1.15. The summed E-state index contributed by atoms with van der Waals surface area (Å²) in [6.07, 6.45) is 2.55. The molecule has 0 bridgehead atoms. The van der Waals surface area contributed by atoms with Crippen molar-refractivity contribution in [3.63, 3.8) is 0 Å². The van der Waals surface area contributed by atoms with E-state index in [0.717, 1.165) is 12.8 Å². The molecule has 1 aliphatic carbocycles. The van der Waals surface area contributed by atoms with Gasteiger partial charge in [0.05, 0.1) is 0 Å². The number of furan rings is 1. The molecule has 1 saturated carbocycles. The number of amides is 1. The average Bonchev–Trinajstić information content (AvgIpc) is 2.79. The number of carboxylic acid groups (broad SMARTS) is 1. The fraction of sp³-hybridized carbons (Fsp3) is 0.571. The molecule has 2 N–H and O–H groups in total. The second-order valence-electron chi connectivity index (χ2n) is 5.43. The van der Waals surface area contributed by atoms with Gasteiger partial charge in [0.25, 0.3) is 5.91 Å². The van der Waals surface area contributed by atoms with Crippen molar-refractivity contribution in [2.24, 2.45) is 5.92 Å². The largest absolute Gasteiger partial charge is 0.480 e. The summed E-state index contributed by atoms with van der Waals surface area (Å²) >= 11 is 0. The molecule has 0 unspecified atom stereocenters. The van der Waals surface area contributed by atoms with Crippen molar-refractivity contribution in [2.75, 3.05) is 0 Å². The molecular weight excluding hydrogens is 246 g/mol. The van der Waals surface area contributed by atoms with Crippen LogP contribution in [0.25, 0.3) is 0 Å². The van der Waals surface area contributed by atoms with Crippen LogP contribution in [0.2, 0.25) is 0 Å². The third kappa shape index (κ3) is 2.80. The monoisotopic (exact) mass is 265 g/mol. The summed E-state index contributed by atoms with van der Waals surface area (Å²) in [5, 5.41) is 12.1. The Hall–Kier alpha value is -1.78. The quantitative estimate of drug-likeness (QED) is 0.879. The lowest BCUT2D eigenvalue weighted by Crippen LogP contribution is -2.56. The SMILES string of the molecule is Cc1ccc(C(=O)NC2(C(=O)O)CCC(C)CC2)o1. The molecule has 1 fully saturated rings. The molecule has 1 amide bonds. The van der Waals surface area contributed by atoms with Gasteiger partial charge in [0.15, 0.2) is 5.76 Å². The summed E-state index contributed by atoms with van der Waals surface area (Å²) in [6.45, 7) is 3.84. The first-order valence-corrected chi connectivity index (χ1v) is 6.55. The van der Waals surface area contributed by atoms with Gasteiger partial charge in [0.2, 0.25) is 0 Å². The third-order valence-electron chi connectivity index (χ3n) is 3.85. The van der Waals surface area contributed by atoms with Crippen molar-refractivity contribution >= 4 is 11.9 Å². The molecule has 1 heterocycles. The highest BCUT2D eigenvalue weighted by Gasteiger charge is 2.42. The molecule has 0 aromatic carbocycles. The van der Waals surface area contributed by atoms with Crippen molar-refractivity contribution in [3.05, 3.63) is 23.7 Å². The van der Waals surface area contributed by atoms with Gasteiger partial charge in [-0.15, -0.1) is 0 Å². The highest BCUT2D eigenvalue weighted by atomic mass is 16.4. The molecule has 19 heavy (non-hydrogen) atoms. The Labute approximate surface area is 112 Å². The smallest absolute Gasteiger partial charge is 0.329 e. The second kappa shape index (κ2) is 5.07. The minimum atomic E-state index is -1.15. The summed E-state index contributed by atoms with van der Waals surface area (Å²) in [4.78, 5) is 23.6. The number of carboxylic acids is 1. The van der Waals surface area contributed by atoms with Crippen molar-refractivity contribution < 1.29 is 19.1 Å². The van der Waals surface area contributed by atoms with E-state index in [4.69, 9.17) is 4.42 Å². The molecular formula is C14H19NO4. The van der Waals surface area contributed by atoms with Crippen LogP contribution < -0.4 is 5.32 Å². The van der Waals surface area contributed by atoms with Crippen LogP contribution in [0.15, 0.2) is 16.5 Å². The number of hydrogen-bond donors (Lipinski definition) is 2. The van der Waals surface area contributed by atoms with Crippen LogP contribution in [0.5, 0.6) is 0 Å². The Morgan fingerprint density at radius 3 is 2.47 bits per heavy atom. The van der Waals surface area contributed by atoms with Crippen molar-refractivity contribution in [1.82, 2.24) is 5.32 Å². The molecule has 5 nitrogen and oxygen atoms in total. The second-order valence-corrected chi connectivity index (χ2v) is 5.43. The molecule has 104 valence electrons. The van der Waals surface area contributed by atoms with E-state index in [2.05, 4.69) is 12.2 Å². The van der Waals surface area contributed by atoms with Crippen LogP contribution in [0.4, 0.5) is 0 Å². The lowest BCUT2D eigenvalue weighted by atomic mass is 9.77. The fourth-order valence-corrected chi connectivity index (χ4v) is 2.48. The van der Waals surface area contributed by atoms with E-state index in [-0.39, 0.29) is 5.76 Å². The summed E-state index contributed by atoms with van der Waals surface area (Å²) in [6, 6.07) is 3.25. The highest BCUT2D eigenvalue weighted by molar-refractivity contribution is 5.95. The lowest BCUT2D eigenvalue weighted by molar-refractivity contribution is -0.146. The molecule has 0 radical (unpaired) electrons. The molecule has 5 heteroatoms. The molecule has 1 aliphatic rings. The number of carbonyl (C=O) groups excluding carboxylic acids is 1. The number of aliphatic carboxylic acids is 1. The van der Waals surface area contributed by atoms with Gasteiger partial charge in [-0.2, -0.15) is 0 Å². The lowest BCUT2D eigenvalue weighted by Gasteiger charge is -2.36. The first kappa shape index (κ1) is 13.6. The van der Waals surface area contributed by atoms with E-state index < -0.39 is 17.4 Å². The van der Waals surface area contributed by atoms with Gasteiger partial charge in [-0.1, -0.05) is 6.92 Å². The Balaban J connectivity index is 2.13. The first-order chi connectivity index (χ1) is 8.93. The van der Waals surface area contributed by atoms with Gasteiger partial charge < -0.3 is 14.8 Å². The predicted molar refractivity (Wildman–Crippen MR) is 68.9 cm³/mol. The van der Waals surface area contributed by atoms with Gasteiger partial charge in [-0.25, -0.2) is 4.79 Å². The minimum Gasteiger partial charge on any atom is -0.480 e.